The van der Waals surface area contributed by atoms with Crippen LogP contribution in [0.5, 0.6) is 0 Å². The molecule has 1 nitrogen and oxygen atoms in total. The van der Waals surface area contributed by atoms with Gasteiger partial charge in [0.1, 0.15) is 0 Å². The van der Waals surface area contributed by atoms with Crippen molar-refractivity contribution in [3.05, 3.63) is 0 Å². The average Bonchev–Trinajstić information content (AvgIpc) is 1.87. The monoisotopic (exact) mass is 160 g/mol. The summed E-state index contributed by atoms with van der Waals surface area (Å²) in [5.41, 5.74) is 0. The normalized spacial score (nSPS) is 12.9. The Kier molecular flexibility index (Phi) is 4.21. The molecule has 0 unspecified atom stereocenters. The van der Waals surface area contributed by atoms with Gasteiger partial charge in [-0.15, -0.1) is 0 Å². The molecule has 0 saturated heterocycles. The summed E-state index contributed by atoms with van der Waals surface area (Å²) in [6.07, 6.45) is 2.71. The SMILES string of the molecule is CCC([SiH3])(CC)OC(C)C. The molecule has 0 aromatic heterocycles. The van der Waals surface area contributed by atoms with E-state index in [2.05, 4.69) is 27.7 Å². The molecule has 0 aliphatic heterocycles. The van der Waals surface area contributed by atoms with Gasteiger partial charge in [-0.3, -0.25) is 0 Å². The van der Waals surface area contributed by atoms with Crippen LogP contribution in [0, 0.1) is 0 Å². The molecule has 0 radical (unpaired) electrons. The van der Waals surface area contributed by atoms with Gasteiger partial charge in [0.15, 0.2) is 0 Å². The molecule has 0 heterocycles. The molecule has 0 bridgehead atoms. The smallest absolute Gasteiger partial charge is 0.0521 e. The Balaban J connectivity index is 3.80. The predicted molar refractivity (Wildman–Crippen MR) is 49.5 cm³/mol. The van der Waals surface area contributed by atoms with E-state index in [9.17, 15) is 0 Å². The summed E-state index contributed by atoms with van der Waals surface area (Å²) in [4.78, 5) is 0. The molecule has 0 rings (SSSR count). The van der Waals surface area contributed by atoms with Crippen molar-refractivity contribution in [1.29, 1.82) is 0 Å². The number of ether oxygens (including phenoxy) is 1. The number of hydrogen-bond acceptors (Lipinski definition) is 1. The fourth-order valence-corrected chi connectivity index (χ4v) is 1.46. The van der Waals surface area contributed by atoms with Gasteiger partial charge in [-0.2, -0.15) is 0 Å². The molecular weight excluding hydrogens is 140 g/mol. The van der Waals surface area contributed by atoms with Gasteiger partial charge in [0.25, 0.3) is 0 Å². The molecule has 0 fully saturated rings. The van der Waals surface area contributed by atoms with Gasteiger partial charge in [-0.25, -0.2) is 0 Å². The first kappa shape index (κ1) is 10.2. The fraction of sp³-hybridized carbons (Fsp3) is 1.00. The van der Waals surface area contributed by atoms with Crippen LogP contribution in [0.4, 0.5) is 0 Å². The molecule has 0 amide bonds. The Morgan fingerprint density at radius 2 is 1.70 bits per heavy atom. The standard InChI is InChI=1S/C8H20OSi/c1-5-8(10,6-2)9-7(3)4/h7H,5-6H2,1-4,10H3. The topological polar surface area (TPSA) is 9.23 Å². The Hall–Kier alpha value is 0.177. The van der Waals surface area contributed by atoms with Crippen LogP contribution >= 0.6 is 0 Å². The van der Waals surface area contributed by atoms with Gasteiger partial charge in [0.2, 0.25) is 0 Å². The zero-order valence-corrected chi connectivity index (χ0v) is 9.90. The van der Waals surface area contributed by atoms with Gasteiger partial charge >= 0.3 is 0 Å². The largest absolute Gasteiger partial charge is 0.377 e. The summed E-state index contributed by atoms with van der Waals surface area (Å²) >= 11 is 0. The van der Waals surface area contributed by atoms with Gasteiger partial charge < -0.3 is 4.74 Å². The second-order valence-corrected chi connectivity index (χ2v) is 5.15. The first-order valence-corrected chi connectivity index (χ1v) is 5.22. The molecule has 0 N–H and O–H groups in total. The minimum atomic E-state index is 0.244. The van der Waals surface area contributed by atoms with Crippen molar-refractivity contribution in [2.45, 2.75) is 51.9 Å². The number of hydrogen-bond donors (Lipinski definition) is 0. The average molecular weight is 160 g/mol. The van der Waals surface area contributed by atoms with Crippen molar-refractivity contribution in [2.75, 3.05) is 0 Å². The molecule has 0 aromatic carbocycles. The summed E-state index contributed by atoms with van der Waals surface area (Å²) in [5.74, 6) is 0. The summed E-state index contributed by atoms with van der Waals surface area (Å²) in [7, 11) is 1.15. The van der Waals surface area contributed by atoms with Crippen molar-refractivity contribution < 1.29 is 4.74 Å². The second kappa shape index (κ2) is 4.14. The van der Waals surface area contributed by atoms with Crippen LogP contribution in [-0.4, -0.2) is 21.6 Å². The van der Waals surface area contributed by atoms with E-state index in [1.807, 2.05) is 0 Å². The predicted octanol–water partition coefficient (Wildman–Crippen LogP) is 1.29. The quantitative estimate of drug-likeness (QED) is 0.563. The molecule has 0 aliphatic carbocycles. The zero-order chi connectivity index (χ0) is 8.20. The summed E-state index contributed by atoms with van der Waals surface area (Å²) < 4.78 is 5.80. The molecule has 10 heavy (non-hydrogen) atoms. The van der Waals surface area contributed by atoms with E-state index in [4.69, 9.17) is 4.74 Å². The van der Waals surface area contributed by atoms with Crippen molar-refractivity contribution in [2.24, 2.45) is 0 Å². The molecule has 0 aromatic rings. The third kappa shape index (κ3) is 3.37. The highest BCUT2D eigenvalue weighted by atomic mass is 28.1. The lowest BCUT2D eigenvalue weighted by molar-refractivity contribution is -0.0274. The lowest BCUT2D eigenvalue weighted by atomic mass is 10.2. The van der Waals surface area contributed by atoms with Crippen LogP contribution < -0.4 is 0 Å². The van der Waals surface area contributed by atoms with E-state index in [1.54, 1.807) is 0 Å². The van der Waals surface area contributed by atoms with Crippen LogP contribution in [0.1, 0.15) is 40.5 Å². The maximum absolute atomic E-state index is 5.80. The van der Waals surface area contributed by atoms with E-state index < -0.39 is 0 Å². The molecule has 0 aliphatic rings. The van der Waals surface area contributed by atoms with E-state index in [0.29, 0.717) is 6.10 Å². The maximum atomic E-state index is 5.80. The van der Waals surface area contributed by atoms with Gasteiger partial charge in [0.05, 0.1) is 6.10 Å². The second-order valence-electron chi connectivity index (χ2n) is 3.32. The van der Waals surface area contributed by atoms with E-state index in [1.165, 1.54) is 0 Å². The van der Waals surface area contributed by atoms with Crippen LogP contribution in [0.3, 0.4) is 0 Å². The first-order chi connectivity index (χ1) is 4.54. The summed E-state index contributed by atoms with van der Waals surface area (Å²) in [6.45, 7) is 8.63. The highest BCUT2D eigenvalue weighted by Crippen LogP contribution is 2.17. The first-order valence-electron chi connectivity index (χ1n) is 4.22. The minimum Gasteiger partial charge on any atom is -0.377 e. The number of rotatable bonds is 4. The van der Waals surface area contributed by atoms with Gasteiger partial charge in [0, 0.05) is 15.5 Å². The summed E-state index contributed by atoms with van der Waals surface area (Å²) in [6, 6.07) is 0. The highest BCUT2D eigenvalue weighted by Gasteiger charge is 2.20. The summed E-state index contributed by atoms with van der Waals surface area (Å²) in [5, 5.41) is 0.244. The highest BCUT2D eigenvalue weighted by molar-refractivity contribution is 6.14. The third-order valence-electron chi connectivity index (χ3n) is 2.02. The van der Waals surface area contributed by atoms with Crippen molar-refractivity contribution in [3.63, 3.8) is 0 Å². The van der Waals surface area contributed by atoms with Crippen molar-refractivity contribution in [3.8, 4) is 0 Å². The molecule has 0 saturated carbocycles. The molecule has 62 valence electrons. The van der Waals surface area contributed by atoms with Crippen molar-refractivity contribution in [1.82, 2.24) is 0 Å². The Labute approximate surface area is 67.6 Å². The Morgan fingerprint density at radius 3 is 1.80 bits per heavy atom. The van der Waals surface area contributed by atoms with Crippen molar-refractivity contribution >= 4 is 10.2 Å². The van der Waals surface area contributed by atoms with Crippen LogP contribution in [0.15, 0.2) is 0 Å². The zero-order valence-electron chi connectivity index (χ0n) is 7.90. The van der Waals surface area contributed by atoms with Crippen LogP contribution in [-0.2, 0) is 4.74 Å². The molecule has 2 heteroatoms. The van der Waals surface area contributed by atoms with E-state index in [0.717, 1.165) is 23.1 Å². The molecule has 0 atom stereocenters. The van der Waals surface area contributed by atoms with E-state index >= 15 is 0 Å². The third-order valence-corrected chi connectivity index (χ3v) is 3.67. The van der Waals surface area contributed by atoms with E-state index in [-0.39, 0.29) is 5.22 Å². The van der Waals surface area contributed by atoms with Crippen LogP contribution in [0.25, 0.3) is 0 Å². The van der Waals surface area contributed by atoms with Crippen LogP contribution in [0.2, 0.25) is 0 Å². The lowest BCUT2D eigenvalue weighted by Crippen LogP contribution is -2.34. The molecule has 0 spiro atoms. The fourth-order valence-electron chi connectivity index (χ4n) is 0.986. The maximum Gasteiger partial charge on any atom is 0.0521 e. The van der Waals surface area contributed by atoms with Gasteiger partial charge in [-0.1, -0.05) is 13.8 Å². The minimum absolute atomic E-state index is 0.244. The Bertz CT molecular complexity index is 87.3. The Morgan fingerprint density at radius 1 is 1.30 bits per heavy atom. The lowest BCUT2D eigenvalue weighted by Gasteiger charge is -2.29. The van der Waals surface area contributed by atoms with Gasteiger partial charge in [-0.05, 0) is 26.7 Å². The molecular formula is C8H20OSi.